The number of nitrogens with one attached hydrogen (secondary N) is 1. The van der Waals surface area contributed by atoms with Gasteiger partial charge in [0.15, 0.2) is 0 Å². The molecule has 0 saturated carbocycles. The van der Waals surface area contributed by atoms with Gasteiger partial charge in [-0.05, 0) is 31.0 Å². The largest absolute Gasteiger partial charge is 0.344 e. The van der Waals surface area contributed by atoms with Crippen LogP contribution < -0.4 is 5.32 Å². The van der Waals surface area contributed by atoms with E-state index in [1.807, 2.05) is 0 Å². The van der Waals surface area contributed by atoms with Crippen molar-refractivity contribution in [1.29, 1.82) is 0 Å². The number of benzene rings is 1. The molecule has 8 heteroatoms. The second-order valence-electron chi connectivity index (χ2n) is 7.08. The SMILES string of the molecule is Fc1ccc2c(c1)c(-c1noc([C@@H]3CNCC(F)(F)C3)n1)c1n2CCC1. The summed E-state index contributed by atoms with van der Waals surface area (Å²) < 4.78 is 48.6. The maximum Gasteiger partial charge on any atom is 0.261 e. The van der Waals surface area contributed by atoms with Crippen LogP contribution in [0, 0.1) is 5.82 Å². The number of aromatic nitrogens is 3. The van der Waals surface area contributed by atoms with Gasteiger partial charge in [-0.15, -0.1) is 0 Å². The van der Waals surface area contributed by atoms with Gasteiger partial charge in [0.05, 0.1) is 18.0 Å². The first-order chi connectivity index (χ1) is 12.5. The molecule has 2 aliphatic rings. The van der Waals surface area contributed by atoms with Crippen LogP contribution in [0.3, 0.4) is 0 Å². The number of alkyl halides is 2. The molecule has 0 aliphatic carbocycles. The highest BCUT2D eigenvalue weighted by molar-refractivity contribution is 5.96. The van der Waals surface area contributed by atoms with Gasteiger partial charge >= 0.3 is 0 Å². The predicted octanol–water partition coefficient (Wildman–Crippen LogP) is 3.49. The highest BCUT2D eigenvalue weighted by Crippen LogP contribution is 2.39. The van der Waals surface area contributed by atoms with E-state index in [1.54, 1.807) is 6.07 Å². The van der Waals surface area contributed by atoms with Gasteiger partial charge in [0.25, 0.3) is 5.92 Å². The molecule has 0 spiro atoms. The van der Waals surface area contributed by atoms with Crippen molar-refractivity contribution in [2.24, 2.45) is 0 Å². The first-order valence-electron chi connectivity index (χ1n) is 8.75. The summed E-state index contributed by atoms with van der Waals surface area (Å²) in [7, 11) is 0. The first kappa shape index (κ1) is 15.9. The van der Waals surface area contributed by atoms with Crippen LogP contribution in [-0.2, 0) is 13.0 Å². The fourth-order valence-corrected chi connectivity index (χ4v) is 4.16. The van der Waals surface area contributed by atoms with E-state index < -0.39 is 11.8 Å². The standard InChI is InChI=1S/C18H17F3N4O/c19-11-3-4-13-12(6-11)15(14-2-1-5-25(13)14)16-23-17(26-24-16)10-7-18(20,21)9-22-8-10/h3-4,6,10,22H,1-2,5,7-9H2/t10-/m0/s1. The third-order valence-electron chi connectivity index (χ3n) is 5.26. The summed E-state index contributed by atoms with van der Waals surface area (Å²) in [4.78, 5) is 4.41. The molecule has 0 unspecified atom stereocenters. The van der Waals surface area contributed by atoms with E-state index in [0.717, 1.165) is 41.5 Å². The Morgan fingerprint density at radius 1 is 1.31 bits per heavy atom. The van der Waals surface area contributed by atoms with Crippen LogP contribution in [-0.4, -0.2) is 33.7 Å². The lowest BCUT2D eigenvalue weighted by molar-refractivity contribution is -0.0310. The van der Waals surface area contributed by atoms with Crippen molar-refractivity contribution >= 4 is 10.9 Å². The van der Waals surface area contributed by atoms with Crippen molar-refractivity contribution in [1.82, 2.24) is 20.0 Å². The molecule has 0 amide bonds. The molecule has 1 fully saturated rings. The number of nitrogens with zero attached hydrogens (tertiary/aromatic N) is 3. The summed E-state index contributed by atoms with van der Waals surface area (Å²) in [5.41, 5.74) is 2.73. The minimum Gasteiger partial charge on any atom is -0.344 e. The highest BCUT2D eigenvalue weighted by Gasteiger charge is 2.39. The molecule has 26 heavy (non-hydrogen) atoms. The number of fused-ring (bicyclic) bond motifs is 3. The Kier molecular flexibility index (Phi) is 3.40. The molecule has 5 rings (SSSR count). The fourth-order valence-electron chi connectivity index (χ4n) is 4.16. The summed E-state index contributed by atoms with van der Waals surface area (Å²) >= 11 is 0. The van der Waals surface area contributed by atoms with Crippen LogP contribution in [0.4, 0.5) is 13.2 Å². The quantitative estimate of drug-likeness (QED) is 0.758. The molecule has 1 N–H and O–H groups in total. The lowest BCUT2D eigenvalue weighted by Crippen LogP contribution is -2.42. The summed E-state index contributed by atoms with van der Waals surface area (Å²) in [5.74, 6) is -3.10. The maximum absolute atomic E-state index is 13.8. The summed E-state index contributed by atoms with van der Waals surface area (Å²) in [5, 5.41) is 7.49. The van der Waals surface area contributed by atoms with Crippen molar-refractivity contribution in [3.8, 4) is 11.4 Å². The first-order valence-corrected chi connectivity index (χ1v) is 8.75. The van der Waals surface area contributed by atoms with Crippen LogP contribution in [0.1, 0.15) is 30.3 Å². The molecule has 2 aliphatic heterocycles. The smallest absolute Gasteiger partial charge is 0.261 e. The average Bonchev–Trinajstić information content (AvgIpc) is 3.28. The molecular formula is C18H17F3N4O. The topological polar surface area (TPSA) is 55.9 Å². The molecule has 1 saturated heterocycles. The average molecular weight is 362 g/mol. The van der Waals surface area contributed by atoms with Crippen molar-refractivity contribution in [2.75, 3.05) is 13.1 Å². The van der Waals surface area contributed by atoms with E-state index >= 15 is 0 Å². The number of halogens is 3. The minimum atomic E-state index is -2.79. The Bertz CT molecular complexity index is 994. The van der Waals surface area contributed by atoms with Crippen LogP contribution in [0.25, 0.3) is 22.3 Å². The lowest BCUT2D eigenvalue weighted by Gasteiger charge is -2.27. The Hall–Kier alpha value is -2.35. The highest BCUT2D eigenvalue weighted by atomic mass is 19.3. The van der Waals surface area contributed by atoms with Gasteiger partial charge in [-0.2, -0.15) is 4.98 Å². The van der Waals surface area contributed by atoms with Gasteiger partial charge in [0, 0.05) is 36.1 Å². The molecule has 1 aromatic carbocycles. The molecule has 5 nitrogen and oxygen atoms in total. The fraction of sp³-hybridized carbons (Fsp3) is 0.444. The number of piperidine rings is 1. The van der Waals surface area contributed by atoms with Crippen LogP contribution in [0.15, 0.2) is 22.7 Å². The van der Waals surface area contributed by atoms with Crippen molar-refractivity contribution < 1.29 is 17.7 Å². The van der Waals surface area contributed by atoms with E-state index in [9.17, 15) is 13.2 Å². The van der Waals surface area contributed by atoms with Crippen molar-refractivity contribution in [3.05, 3.63) is 35.6 Å². The summed E-state index contributed by atoms with van der Waals surface area (Å²) in [6, 6.07) is 4.67. The van der Waals surface area contributed by atoms with E-state index in [4.69, 9.17) is 4.52 Å². The molecule has 136 valence electrons. The van der Waals surface area contributed by atoms with E-state index in [-0.39, 0.29) is 24.7 Å². The maximum atomic E-state index is 13.8. The van der Waals surface area contributed by atoms with Gasteiger partial charge in [-0.1, -0.05) is 5.16 Å². The molecule has 0 radical (unpaired) electrons. The van der Waals surface area contributed by atoms with Gasteiger partial charge < -0.3 is 14.4 Å². The van der Waals surface area contributed by atoms with E-state index in [2.05, 4.69) is 20.0 Å². The van der Waals surface area contributed by atoms with Crippen molar-refractivity contribution in [3.63, 3.8) is 0 Å². The van der Waals surface area contributed by atoms with Gasteiger partial charge in [0.1, 0.15) is 5.82 Å². The molecule has 4 heterocycles. The summed E-state index contributed by atoms with van der Waals surface area (Å²) in [6.45, 7) is 0.906. The van der Waals surface area contributed by atoms with E-state index in [1.165, 1.54) is 12.1 Å². The number of rotatable bonds is 2. The number of hydrogen-bond donors (Lipinski definition) is 1. The van der Waals surface area contributed by atoms with Crippen LogP contribution >= 0.6 is 0 Å². The molecule has 3 aromatic rings. The third-order valence-corrected chi connectivity index (χ3v) is 5.26. The van der Waals surface area contributed by atoms with Gasteiger partial charge in [0.2, 0.25) is 11.7 Å². The second kappa shape index (κ2) is 5.57. The molecule has 2 aromatic heterocycles. The zero-order valence-electron chi connectivity index (χ0n) is 13.9. The van der Waals surface area contributed by atoms with E-state index in [0.29, 0.717) is 12.4 Å². The second-order valence-corrected chi connectivity index (χ2v) is 7.08. The van der Waals surface area contributed by atoms with Gasteiger partial charge in [-0.3, -0.25) is 0 Å². The number of aryl methyl sites for hydroxylation is 1. The Morgan fingerprint density at radius 2 is 2.19 bits per heavy atom. The number of hydrogen-bond acceptors (Lipinski definition) is 4. The van der Waals surface area contributed by atoms with Gasteiger partial charge in [-0.25, -0.2) is 13.2 Å². The van der Waals surface area contributed by atoms with Crippen molar-refractivity contribution in [2.45, 2.75) is 37.6 Å². The monoisotopic (exact) mass is 362 g/mol. The molecule has 0 bridgehead atoms. The predicted molar refractivity (Wildman–Crippen MR) is 88.7 cm³/mol. The zero-order chi connectivity index (χ0) is 17.9. The Labute approximate surface area is 147 Å². The molecule has 1 atom stereocenters. The Balaban J connectivity index is 1.59. The lowest BCUT2D eigenvalue weighted by atomic mass is 9.97. The zero-order valence-corrected chi connectivity index (χ0v) is 13.9. The minimum absolute atomic E-state index is 0.203. The normalized spacial score (nSPS) is 22.0. The molecular weight excluding hydrogens is 345 g/mol. The third kappa shape index (κ3) is 2.43. The Morgan fingerprint density at radius 3 is 3.04 bits per heavy atom. The van der Waals surface area contributed by atoms with Crippen LogP contribution in [0.5, 0.6) is 0 Å². The van der Waals surface area contributed by atoms with Crippen LogP contribution in [0.2, 0.25) is 0 Å². The summed E-state index contributed by atoms with van der Waals surface area (Å²) in [6.07, 6.45) is 1.53.